The molecule has 19 heavy (non-hydrogen) atoms. The third-order valence-corrected chi connectivity index (χ3v) is 3.27. The Hall–Kier alpha value is -1.53. The minimum Gasteiger partial charge on any atom is -0.479 e. The molecule has 0 radical (unpaired) electrons. The van der Waals surface area contributed by atoms with Crippen LogP contribution in [0.25, 0.3) is 0 Å². The van der Waals surface area contributed by atoms with E-state index in [9.17, 15) is 9.59 Å². The third-order valence-electron chi connectivity index (χ3n) is 2.66. The van der Waals surface area contributed by atoms with Crippen LogP contribution >= 0.6 is 11.8 Å². The highest BCUT2D eigenvalue weighted by Crippen LogP contribution is 2.14. The van der Waals surface area contributed by atoms with E-state index < -0.39 is 17.5 Å². The predicted octanol–water partition coefficient (Wildman–Crippen LogP) is 1.26. The molecule has 0 bridgehead atoms. The van der Waals surface area contributed by atoms with E-state index in [4.69, 9.17) is 15.6 Å². The summed E-state index contributed by atoms with van der Waals surface area (Å²) in [5.74, 6) is -1.79. The van der Waals surface area contributed by atoms with Crippen LogP contribution < -0.4 is 5.73 Å². The molecule has 5 nitrogen and oxygen atoms in total. The maximum Gasteiger partial charge on any atom is 0.338 e. The van der Waals surface area contributed by atoms with Gasteiger partial charge in [-0.2, -0.15) is 11.8 Å². The first-order valence-corrected chi connectivity index (χ1v) is 7.12. The second-order valence-corrected chi connectivity index (χ2v) is 5.07. The monoisotopic (exact) mass is 283 g/mol. The van der Waals surface area contributed by atoms with Gasteiger partial charge in [-0.15, -0.1) is 0 Å². The summed E-state index contributed by atoms with van der Waals surface area (Å²) in [7, 11) is 0. The van der Waals surface area contributed by atoms with Gasteiger partial charge in [-0.25, -0.2) is 9.59 Å². The molecule has 0 aromatic heterocycles. The minimum absolute atomic E-state index is 0.0190. The van der Waals surface area contributed by atoms with Gasteiger partial charge in [0.2, 0.25) is 5.54 Å². The number of carbonyl (C=O) groups excluding carboxylic acids is 1. The van der Waals surface area contributed by atoms with Crippen LogP contribution in [0.4, 0.5) is 0 Å². The van der Waals surface area contributed by atoms with Crippen molar-refractivity contribution >= 4 is 23.7 Å². The summed E-state index contributed by atoms with van der Waals surface area (Å²) < 4.78 is 5.00. The van der Waals surface area contributed by atoms with Crippen molar-refractivity contribution in [1.82, 2.24) is 0 Å². The highest BCUT2D eigenvalue weighted by molar-refractivity contribution is 7.98. The molecule has 0 saturated heterocycles. The molecule has 1 aromatic carbocycles. The van der Waals surface area contributed by atoms with Gasteiger partial charge >= 0.3 is 11.9 Å². The lowest BCUT2D eigenvalue weighted by Crippen LogP contribution is -2.56. The molecular weight excluding hydrogens is 266 g/mol. The van der Waals surface area contributed by atoms with Crippen molar-refractivity contribution in [2.75, 3.05) is 12.0 Å². The van der Waals surface area contributed by atoms with Crippen molar-refractivity contribution in [2.45, 2.75) is 18.6 Å². The molecule has 0 fully saturated rings. The molecule has 104 valence electrons. The van der Waals surface area contributed by atoms with Crippen LogP contribution in [0.15, 0.2) is 30.3 Å². The molecule has 0 spiro atoms. The van der Waals surface area contributed by atoms with Crippen LogP contribution in [0.5, 0.6) is 0 Å². The summed E-state index contributed by atoms with van der Waals surface area (Å²) >= 11 is 1.43. The number of benzene rings is 1. The third kappa shape index (κ3) is 4.25. The first-order valence-electron chi connectivity index (χ1n) is 5.73. The molecule has 6 heteroatoms. The molecule has 1 atom stereocenters. The first kappa shape index (κ1) is 15.5. The summed E-state index contributed by atoms with van der Waals surface area (Å²) in [6, 6.07) is 9.03. The fourth-order valence-corrected chi connectivity index (χ4v) is 1.94. The number of rotatable bonds is 7. The number of ether oxygens (including phenoxy) is 1. The largest absolute Gasteiger partial charge is 0.479 e. The van der Waals surface area contributed by atoms with E-state index in [0.717, 1.165) is 5.56 Å². The molecule has 1 aromatic rings. The summed E-state index contributed by atoms with van der Waals surface area (Å²) in [6.07, 6.45) is 1.86. The second-order valence-electron chi connectivity index (χ2n) is 4.08. The highest BCUT2D eigenvalue weighted by atomic mass is 32.2. The Labute approximate surface area is 116 Å². The predicted molar refractivity (Wildman–Crippen MR) is 73.8 cm³/mol. The molecule has 0 amide bonds. The van der Waals surface area contributed by atoms with E-state index in [1.807, 2.05) is 24.5 Å². The van der Waals surface area contributed by atoms with Crippen LogP contribution in [-0.2, 0) is 20.9 Å². The molecule has 1 unspecified atom stereocenters. The van der Waals surface area contributed by atoms with Crippen LogP contribution in [0.3, 0.4) is 0 Å². The first-order chi connectivity index (χ1) is 9.00. The molecule has 0 saturated carbocycles. The van der Waals surface area contributed by atoms with Crippen LogP contribution in [0, 0.1) is 0 Å². The topological polar surface area (TPSA) is 89.6 Å². The van der Waals surface area contributed by atoms with E-state index >= 15 is 0 Å². The normalized spacial score (nSPS) is 13.6. The van der Waals surface area contributed by atoms with E-state index in [1.165, 1.54) is 11.8 Å². The molecule has 0 aliphatic rings. The van der Waals surface area contributed by atoms with Gasteiger partial charge in [0.25, 0.3) is 0 Å². The molecule has 3 N–H and O–H groups in total. The van der Waals surface area contributed by atoms with Crippen molar-refractivity contribution in [2.24, 2.45) is 5.73 Å². The number of carboxylic acid groups (broad SMARTS) is 1. The van der Waals surface area contributed by atoms with E-state index in [2.05, 4.69) is 0 Å². The van der Waals surface area contributed by atoms with Gasteiger partial charge in [0.05, 0.1) is 0 Å². The van der Waals surface area contributed by atoms with E-state index in [1.54, 1.807) is 12.1 Å². The number of carboxylic acids is 1. The fraction of sp³-hybridized carbons (Fsp3) is 0.385. The Morgan fingerprint density at radius 3 is 2.53 bits per heavy atom. The summed E-state index contributed by atoms with van der Waals surface area (Å²) in [6.45, 7) is 0.0190. The van der Waals surface area contributed by atoms with Gasteiger partial charge in [0.1, 0.15) is 6.61 Å². The number of carbonyl (C=O) groups is 2. The fourth-order valence-electron chi connectivity index (χ4n) is 1.41. The lowest BCUT2D eigenvalue weighted by atomic mass is 9.98. The number of hydrogen-bond acceptors (Lipinski definition) is 5. The molecular formula is C13H17NO4S. The number of aliphatic carboxylic acids is 1. The van der Waals surface area contributed by atoms with Crippen LogP contribution in [-0.4, -0.2) is 34.6 Å². The molecule has 0 heterocycles. The maximum absolute atomic E-state index is 11.8. The van der Waals surface area contributed by atoms with Crippen LogP contribution in [0.2, 0.25) is 0 Å². The molecule has 1 rings (SSSR count). The Balaban J connectivity index is 2.65. The summed E-state index contributed by atoms with van der Waals surface area (Å²) in [5.41, 5.74) is 4.46. The Bertz CT molecular complexity index is 438. The van der Waals surface area contributed by atoms with E-state index in [0.29, 0.717) is 5.75 Å². The van der Waals surface area contributed by atoms with Gasteiger partial charge in [0.15, 0.2) is 0 Å². The van der Waals surface area contributed by atoms with Crippen LogP contribution in [0.1, 0.15) is 12.0 Å². The van der Waals surface area contributed by atoms with Gasteiger partial charge in [0, 0.05) is 0 Å². The highest BCUT2D eigenvalue weighted by Gasteiger charge is 2.43. The Morgan fingerprint density at radius 2 is 2.00 bits per heavy atom. The zero-order valence-corrected chi connectivity index (χ0v) is 11.5. The zero-order chi connectivity index (χ0) is 14.3. The number of nitrogens with two attached hydrogens (primary N) is 1. The average Bonchev–Trinajstić information content (AvgIpc) is 2.42. The van der Waals surface area contributed by atoms with E-state index in [-0.39, 0.29) is 13.0 Å². The Morgan fingerprint density at radius 1 is 1.37 bits per heavy atom. The zero-order valence-electron chi connectivity index (χ0n) is 10.7. The summed E-state index contributed by atoms with van der Waals surface area (Å²) in [4.78, 5) is 23.0. The smallest absolute Gasteiger partial charge is 0.338 e. The van der Waals surface area contributed by atoms with Gasteiger partial charge in [-0.05, 0) is 24.0 Å². The minimum atomic E-state index is -1.97. The lowest BCUT2D eigenvalue weighted by molar-refractivity contribution is -0.162. The van der Waals surface area contributed by atoms with Gasteiger partial charge in [-0.3, -0.25) is 0 Å². The van der Waals surface area contributed by atoms with Crippen molar-refractivity contribution in [3.8, 4) is 0 Å². The molecule has 0 aliphatic heterocycles. The standard InChI is InChI=1S/C13H17NO4S/c1-19-8-7-13(14,11(15)16)12(17)18-9-10-5-3-2-4-6-10/h2-6H,7-9,14H2,1H3,(H,15,16). The SMILES string of the molecule is CSCCC(N)(C(=O)O)C(=O)OCc1ccccc1. The molecule has 0 aliphatic carbocycles. The number of hydrogen-bond donors (Lipinski definition) is 2. The number of thioether (sulfide) groups is 1. The van der Waals surface area contributed by atoms with Gasteiger partial charge in [-0.1, -0.05) is 30.3 Å². The second kappa shape index (κ2) is 7.16. The lowest BCUT2D eigenvalue weighted by Gasteiger charge is -2.22. The van der Waals surface area contributed by atoms with Gasteiger partial charge < -0.3 is 15.6 Å². The average molecular weight is 283 g/mol. The van der Waals surface area contributed by atoms with Crippen molar-refractivity contribution < 1.29 is 19.4 Å². The van der Waals surface area contributed by atoms with Crippen molar-refractivity contribution in [3.05, 3.63) is 35.9 Å². The maximum atomic E-state index is 11.8. The quantitative estimate of drug-likeness (QED) is 0.578. The summed E-state index contributed by atoms with van der Waals surface area (Å²) in [5, 5.41) is 9.09. The number of esters is 1. The van der Waals surface area contributed by atoms with Crippen molar-refractivity contribution in [1.29, 1.82) is 0 Å². The Kier molecular flexibility index (Phi) is 5.85. The van der Waals surface area contributed by atoms with Crippen molar-refractivity contribution in [3.63, 3.8) is 0 Å².